The number of hydrogen-bond acceptors (Lipinski definition) is 7. The number of hydrogen-bond donors (Lipinski definition) is 1. The van der Waals surface area contributed by atoms with Gasteiger partial charge in [0, 0.05) is 34.1 Å². The molecule has 2 aromatic carbocycles. The number of nitrogens with zero attached hydrogens (tertiary/aromatic N) is 3. The Balaban J connectivity index is 1.79. The molecule has 3 atom stereocenters. The maximum absolute atomic E-state index is 14.1. The van der Waals surface area contributed by atoms with Gasteiger partial charge in [-0.3, -0.25) is 19.2 Å². The van der Waals surface area contributed by atoms with Gasteiger partial charge in [0.1, 0.15) is 29.5 Å². The first-order valence-electron chi connectivity index (χ1n) is 16.2. The summed E-state index contributed by atoms with van der Waals surface area (Å²) in [5, 5.41) is 2.87. The molecule has 4 amide bonds. The Bertz CT molecular complexity index is 1400. The third kappa shape index (κ3) is 10.6. The Morgan fingerprint density at radius 1 is 0.957 bits per heavy atom. The summed E-state index contributed by atoms with van der Waals surface area (Å²) < 4.78 is 11.0. The first-order chi connectivity index (χ1) is 22.1. The van der Waals surface area contributed by atoms with Crippen molar-refractivity contribution in [2.24, 2.45) is 5.92 Å². The molecule has 0 spiro atoms. The number of benzene rings is 2. The molecule has 0 radical (unpaired) electrons. The molecule has 0 unspecified atom stereocenters. The maximum atomic E-state index is 14.1. The number of amides is 4. The van der Waals surface area contributed by atoms with Gasteiger partial charge in [0.15, 0.2) is 6.61 Å². The smallest absolute Gasteiger partial charge is 0.344 e. The molecule has 0 aromatic heterocycles. The molecule has 3 rings (SSSR count). The van der Waals surface area contributed by atoms with Crippen molar-refractivity contribution in [3.63, 3.8) is 0 Å². The molecule has 0 aliphatic carbocycles. The van der Waals surface area contributed by atoms with E-state index in [1.54, 1.807) is 66.2 Å². The van der Waals surface area contributed by atoms with E-state index in [-0.39, 0.29) is 41.6 Å². The number of para-hydroxylation sites is 1. The highest BCUT2D eigenvalue weighted by Gasteiger charge is 2.41. The lowest BCUT2D eigenvalue weighted by molar-refractivity contribution is -0.157. The van der Waals surface area contributed by atoms with E-state index in [0.717, 1.165) is 5.56 Å². The van der Waals surface area contributed by atoms with Crippen LogP contribution in [0.5, 0.6) is 5.75 Å². The fourth-order valence-electron chi connectivity index (χ4n) is 5.62. The van der Waals surface area contributed by atoms with Gasteiger partial charge in [-0.05, 0) is 63.6 Å². The average molecular weight is 651 g/mol. The van der Waals surface area contributed by atoms with Crippen LogP contribution in [0.25, 0.3) is 0 Å². The van der Waals surface area contributed by atoms with Crippen LogP contribution >= 0.6 is 0 Å². The Hall–Kier alpha value is -4.41. The fraction of sp³-hybridized carbons (Fsp3) is 0.528. The lowest BCUT2D eigenvalue weighted by Gasteiger charge is -2.35. The third-order valence-electron chi connectivity index (χ3n) is 7.84. The minimum Gasteiger partial charge on any atom is -0.481 e. The summed E-state index contributed by atoms with van der Waals surface area (Å²) in [6.45, 7) is 9.12. The van der Waals surface area contributed by atoms with Gasteiger partial charge in [-0.2, -0.15) is 0 Å². The number of carbonyl (C=O) groups is 5. The predicted octanol–water partition coefficient (Wildman–Crippen LogP) is 3.70. The molecule has 1 aliphatic heterocycles. The standard InChI is InChI=1S/C36H50N4O7/c1-24(2)21-27(37-32(42)26-17-12-13-19-30(26)46-23-31(41)47-36(3,4)5)33(43)40-20-14-18-28(40)35(45)39(8)29(34(44)38(6)7)22-25-15-10-9-11-16-25/h9-13,15-17,19,24,27-29H,14,18,20-23H2,1-8H3,(H,37,42)/t27-,28-,29+/m1/s1. The predicted molar refractivity (Wildman–Crippen MR) is 179 cm³/mol. The second kappa shape index (κ2) is 16.4. The molecule has 47 heavy (non-hydrogen) atoms. The molecular formula is C36H50N4O7. The summed E-state index contributed by atoms with van der Waals surface area (Å²) in [5.41, 5.74) is 0.398. The van der Waals surface area contributed by atoms with Gasteiger partial charge in [-0.1, -0.05) is 56.3 Å². The lowest BCUT2D eigenvalue weighted by atomic mass is 10.0. The maximum Gasteiger partial charge on any atom is 0.344 e. The van der Waals surface area contributed by atoms with Gasteiger partial charge in [0.2, 0.25) is 17.7 Å². The van der Waals surface area contributed by atoms with Crippen LogP contribution in [-0.4, -0.2) is 102 Å². The molecule has 1 aliphatic rings. The zero-order valence-electron chi connectivity index (χ0n) is 28.9. The van der Waals surface area contributed by atoms with Gasteiger partial charge in [0.25, 0.3) is 5.91 Å². The number of esters is 1. The molecule has 0 saturated carbocycles. The number of likely N-dealkylation sites (tertiary alicyclic amines) is 1. The van der Waals surface area contributed by atoms with E-state index >= 15 is 0 Å². The number of carbonyl (C=O) groups excluding carboxylic acids is 5. The van der Waals surface area contributed by atoms with Crippen LogP contribution in [0.2, 0.25) is 0 Å². The van der Waals surface area contributed by atoms with E-state index in [1.165, 1.54) is 14.7 Å². The van der Waals surface area contributed by atoms with Crippen LogP contribution in [-0.2, 0) is 30.3 Å². The second-order valence-electron chi connectivity index (χ2n) is 13.6. The first kappa shape index (κ1) is 37.1. The number of rotatable bonds is 13. The van der Waals surface area contributed by atoms with Crippen molar-refractivity contribution in [1.29, 1.82) is 0 Å². The van der Waals surface area contributed by atoms with Crippen molar-refractivity contribution in [3.05, 3.63) is 65.7 Å². The molecule has 1 fully saturated rings. The fourth-order valence-corrected chi connectivity index (χ4v) is 5.62. The Kier molecular flexibility index (Phi) is 12.9. The van der Waals surface area contributed by atoms with Crippen molar-refractivity contribution in [1.82, 2.24) is 20.0 Å². The zero-order valence-corrected chi connectivity index (χ0v) is 28.9. The van der Waals surface area contributed by atoms with Crippen LogP contribution in [0, 0.1) is 5.92 Å². The van der Waals surface area contributed by atoms with Crippen molar-refractivity contribution >= 4 is 29.6 Å². The van der Waals surface area contributed by atoms with Gasteiger partial charge < -0.3 is 29.5 Å². The topological polar surface area (TPSA) is 126 Å². The summed E-state index contributed by atoms with van der Waals surface area (Å²) in [6.07, 6.45) is 1.74. The SMILES string of the molecule is CC(C)C[C@@H](NC(=O)c1ccccc1OCC(=O)OC(C)(C)C)C(=O)N1CCC[C@@H]1C(=O)N(C)[C@@H](Cc1ccccc1)C(=O)N(C)C. The van der Waals surface area contributed by atoms with Gasteiger partial charge in [-0.25, -0.2) is 4.79 Å². The largest absolute Gasteiger partial charge is 0.481 e. The Morgan fingerprint density at radius 3 is 2.21 bits per heavy atom. The molecule has 1 N–H and O–H groups in total. The van der Waals surface area contributed by atoms with Crippen molar-refractivity contribution in [2.45, 2.75) is 84.0 Å². The molecule has 0 bridgehead atoms. The van der Waals surface area contributed by atoms with Crippen molar-refractivity contribution in [3.8, 4) is 5.75 Å². The number of nitrogens with one attached hydrogen (secondary N) is 1. The highest BCUT2D eigenvalue weighted by atomic mass is 16.6. The van der Waals surface area contributed by atoms with Crippen LogP contribution in [0.15, 0.2) is 54.6 Å². The third-order valence-corrected chi connectivity index (χ3v) is 7.84. The first-order valence-corrected chi connectivity index (χ1v) is 16.2. The monoisotopic (exact) mass is 650 g/mol. The van der Waals surface area contributed by atoms with E-state index < -0.39 is 35.6 Å². The van der Waals surface area contributed by atoms with Crippen molar-refractivity contribution < 1.29 is 33.4 Å². The van der Waals surface area contributed by atoms with Crippen molar-refractivity contribution in [2.75, 3.05) is 34.3 Å². The summed E-state index contributed by atoms with van der Waals surface area (Å²) >= 11 is 0. The van der Waals surface area contributed by atoms with E-state index in [1.807, 2.05) is 44.2 Å². The quantitative estimate of drug-likeness (QED) is 0.328. The molecule has 11 heteroatoms. The summed E-state index contributed by atoms with van der Waals surface area (Å²) in [4.78, 5) is 71.6. The Morgan fingerprint density at radius 2 is 1.60 bits per heavy atom. The average Bonchev–Trinajstić information content (AvgIpc) is 3.50. The summed E-state index contributed by atoms with van der Waals surface area (Å²) in [6, 6.07) is 13.6. The number of ether oxygens (including phenoxy) is 2. The minimum atomic E-state index is -0.913. The molecule has 256 valence electrons. The zero-order chi connectivity index (χ0) is 34.9. The summed E-state index contributed by atoms with van der Waals surface area (Å²) in [7, 11) is 4.92. The van der Waals surface area contributed by atoms with Gasteiger partial charge >= 0.3 is 5.97 Å². The van der Waals surface area contributed by atoms with Gasteiger partial charge in [0.05, 0.1) is 5.56 Å². The highest BCUT2D eigenvalue weighted by Crippen LogP contribution is 2.25. The molecule has 1 heterocycles. The summed E-state index contributed by atoms with van der Waals surface area (Å²) in [5.74, 6) is -1.77. The minimum absolute atomic E-state index is 0.0512. The highest BCUT2D eigenvalue weighted by molar-refractivity contribution is 6.00. The van der Waals surface area contributed by atoms with Crippen LogP contribution in [0.1, 0.15) is 69.8 Å². The molecule has 1 saturated heterocycles. The van der Waals surface area contributed by atoms with Gasteiger partial charge in [-0.15, -0.1) is 0 Å². The Labute approximate surface area is 278 Å². The van der Waals surface area contributed by atoms with Crippen LogP contribution in [0.3, 0.4) is 0 Å². The van der Waals surface area contributed by atoms with Crippen LogP contribution in [0.4, 0.5) is 0 Å². The van der Waals surface area contributed by atoms with E-state index in [9.17, 15) is 24.0 Å². The van der Waals surface area contributed by atoms with E-state index in [2.05, 4.69) is 5.32 Å². The van der Waals surface area contributed by atoms with E-state index in [4.69, 9.17) is 9.47 Å². The molecular weight excluding hydrogens is 600 g/mol. The molecule has 11 nitrogen and oxygen atoms in total. The van der Waals surface area contributed by atoms with Crippen LogP contribution < -0.4 is 10.1 Å². The second-order valence-corrected chi connectivity index (χ2v) is 13.6. The normalized spacial score (nSPS) is 15.9. The van der Waals surface area contributed by atoms with E-state index in [0.29, 0.717) is 32.2 Å². The lowest BCUT2D eigenvalue weighted by Crippen LogP contribution is -2.57. The number of likely N-dealkylation sites (N-methyl/N-ethyl adjacent to an activating group) is 2. The molecule has 2 aromatic rings.